The summed E-state index contributed by atoms with van der Waals surface area (Å²) in [6, 6.07) is 15.2. The fourth-order valence-electron chi connectivity index (χ4n) is 2.28. The summed E-state index contributed by atoms with van der Waals surface area (Å²) in [6.45, 7) is 11.2. The zero-order valence-electron chi connectivity index (χ0n) is 12.9. The molecule has 5 heteroatoms. The first-order valence-corrected chi connectivity index (χ1v) is 8.12. The Kier molecular flexibility index (Phi) is 4.48. The number of fused-ring (bicyclic) bond motifs is 1. The summed E-state index contributed by atoms with van der Waals surface area (Å²) in [5.74, 6) is 1.48. The second kappa shape index (κ2) is 6.71. The molecule has 0 amide bonds. The largest absolute Gasteiger partial charge is 0.881 e. The predicted molar refractivity (Wildman–Crippen MR) is 90.9 cm³/mol. The van der Waals surface area contributed by atoms with E-state index in [-0.39, 0.29) is 0 Å². The van der Waals surface area contributed by atoms with Crippen molar-refractivity contribution in [1.82, 2.24) is 4.98 Å². The molecule has 2 aromatic carbocycles. The molecule has 3 rings (SSSR count). The molecule has 3 aromatic rings. The van der Waals surface area contributed by atoms with Crippen LogP contribution in [0.3, 0.4) is 0 Å². The SMILES string of the molecule is [C-]#[N+]c1ccc([O][Al][O]c2ccccc2C)c2nc(C)ccc12. The molecule has 0 aliphatic carbocycles. The van der Waals surface area contributed by atoms with Crippen molar-refractivity contribution in [2.45, 2.75) is 13.8 Å². The van der Waals surface area contributed by atoms with Gasteiger partial charge in [-0.2, -0.15) is 0 Å². The first kappa shape index (κ1) is 15.4. The molecular formula is C18H14AlN2O2. The number of para-hydroxylation sites is 1. The highest BCUT2D eigenvalue weighted by Crippen LogP contribution is 2.32. The van der Waals surface area contributed by atoms with Gasteiger partial charge in [-0.1, -0.05) is 30.3 Å². The van der Waals surface area contributed by atoms with Gasteiger partial charge in [0.25, 0.3) is 0 Å². The summed E-state index contributed by atoms with van der Waals surface area (Å²) >= 11 is -0.710. The van der Waals surface area contributed by atoms with Crippen molar-refractivity contribution in [3.8, 4) is 11.5 Å². The van der Waals surface area contributed by atoms with Crippen molar-refractivity contribution in [2.75, 3.05) is 0 Å². The normalized spacial score (nSPS) is 10.1. The Bertz CT molecular complexity index is 903. The lowest BCUT2D eigenvalue weighted by Gasteiger charge is -2.12. The summed E-state index contributed by atoms with van der Waals surface area (Å²) in [6.07, 6.45) is 0. The van der Waals surface area contributed by atoms with Crippen LogP contribution in [0.2, 0.25) is 0 Å². The van der Waals surface area contributed by atoms with Crippen LogP contribution >= 0.6 is 0 Å². The standard InChI is InChI=1S/C11H8N2O.C7H8O.Al/c1-7-3-4-8-9(12-2)5-6-10(14)11(8)13-7;1-6-4-2-3-5-7(6)8;/h3-6,14H,1H3;2-5,8H,1H3;/q;;+2/p-2. The molecule has 23 heavy (non-hydrogen) atoms. The quantitative estimate of drug-likeness (QED) is 0.529. The Morgan fingerprint density at radius 2 is 1.74 bits per heavy atom. The maximum absolute atomic E-state index is 7.26. The van der Waals surface area contributed by atoms with E-state index in [1.165, 1.54) is 0 Å². The molecule has 1 heterocycles. The van der Waals surface area contributed by atoms with Gasteiger partial charge in [0, 0.05) is 11.1 Å². The number of benzene rings is 2. The second-order valence-corrected chi connectivity index (χ2v) is 5.80. The molecule has 0 aliphatic heterocycles. The highest BCUT2D eigenvalue weighted by Gasteiger charge is 2.12. The number of aromatic nitrogens is 1. The van der Waals surface area contributed by atoms with Crippen LogP contribution in [-0.2, 0) is 0 Å². The third-order valence-electron chi connectivity index (χ3n) is 3.50. The Morgan fingerprint density at radius 1 is 0.957 bits per heavy atom. The van der Waals surface area contributed by atoms with E-state index in [4.69, 9.17) is 14.1 Å². The molecule has 0 saturated heterocycles. The minimum atomic E-state index is -0.710. The average Bonchev–Trinajstić information content (AvgIpc) is 2.56. The van der Waals surface area contributed by atoms with Gasteiger partial charge in [0.2, 0.25) is 0 Å². The zero-order valence-corrected chi connectivity index (χ0v) is 14.1. The van der Waals surface area contributed by atoms with Gasteiger partial charge in [-0.3, -0.25) is 4.98 Å². The molecular weight excluding hydrogens is 303 g/mol. The molecule has 0 N–H and O–H groups in total. The van der Waals surface area contributed by atoms with Gasteiger partial charge in [-0.15, -0.1) is 0 Å². The third-order valence-corrected chi connectivity index (χ3v) is 4.20. The smallest absolute Gasteiger partial charge is 0.616 e. The van der Waals surface area contributed by atoms with Crippen molar-refractivity contribution in [2.24, 2.45) is 0 Å². The van der Waals surface area contributed by atoms with E-state index in [9.17, 15) is 0 Å². The summed E-state index contributed by atoms with van der Waals surface area (Å²) < 4.78 is 11.6. The van der Waals surface area contributed by atoms with Crippen LogP contribution in [0.4, 0.5) is 5.69 Å². The number of hydrogen-bond acceptors (Lipinski definition) is 3. The topological polar surface area (TPSA) is 35.7 Å². The average molecular weight is 317 g/mol. The van der Waals surface area contributed by atoms with Crippen LogP contribution in [0.5, 0.6) is 11.5 Å². The van der Waals surface area contributed by atoms with Crippen LogP contribution < -0.4 is 7.58 Å². The van der Waals surface area contributed by atoms with Gasteiger partial charge in [0.05, 0.1) is 17.8 Å². The van der Waals surface area contributed by atoms with Crippen LogP contribution in [0, 0.1) is 20.4 Å². The highest BCUT2D eigenvalue weighted by atomic mass is 27.2. The lowest BCUT2D eigenvalue weighted by atomic mass is 10.1. The molecule has 0 bridgehead atoms. The van der Waals surface area contributed by atoms with Crippen LogP contribution in [0.1, 0.15) is 11.3 Å². The number of pyridine rings is 1. The van der Waals surface area contributed by atoms with E-state index >= 15 is 0 Å². The molecule has 0 aliphatic rings. The number of nitrogens with zero attached hydrogens (tertiary/aromatic N) is 2. The maximum atomic E-state index is 7.26. The lowest BCUT2D eigenvalue weighted by Crippen LogP contribution is -2.12. The Labute approximate surface area is 141 Å². The third kappa shape index (κ3) is 3.30. The number of rotatable bonds is 4. The predicted octanol–water partition coefficient (Wildman–Crippen LogP) is 4.39. The van der Waals surface area contributed by atoms with Crippen LogP contribution in [0.25, 0.3) is 15.7 Å². The maximum Gasteiger partial charge on any atom is 0.881 e. The molecule has 0 spiro atoms. The van der Waals surface area contributed by atoms with Crippen molar-refractivity contribution in [3.63, 3.8) is 0 Å². The van der Waals surface area contributed by atoms with E-state index in [1.807, 2.05) is 50.2 Å². The van der Waals surface area contributed by atoms with Crippen molar-refractivity contribution < 1.29 is 7.58 Å². The minimum absolute atomic E-state index is 0.578. The summed E-state index contributed by atoms with van der Waals surface area (Å²) in [4.78, 5) is 8.06. The van der Waals surface area contributed by atoms with E-state index in [0.29, 0.717) is 17.0 Å². The molecule has 1 aromatic heterocycles. The summed E-state index contributed by atoms with van der Waals surface area (Å²) in [7, 11) is 0. The van der Waals surface area contributed by atoms with Gasteiger partial charge in [-0.25, -0.2) is 4.85 Å². The van der Waals surface area contributed by atoms with Crippen LogP contribution in [-0.4, -0.2) is 20.9 Å². The van der Waals surface area contributed by atoms with E-state index < -0.39 is 15.9 Å². The Hall–Kier alpha value is -2.53. The van der Waals surface area contributed by atoms with E-state index in [2.05, 4.69) is 9.83 Å². The van der Waals surface area contributed by atoms with Gasteiger partial charge in [-0.05, 0) is 37.6 Å². The molecule has 0 fully saturated rings. The first-order chi connectivity index (χ1) is 11.2. The molecule has 4 nitrogen and oxygen atoms in total. The molecule has 0 saturated carbocycles. The van der Waals surface area contributed by atoms with Crippen LogP contribution in [0.15, 0.2) is 48.5 Å². The fraction of sp³-hybridized carbons (Fsp3) is 0.111. The molecule has 111 valence electrons. The van der Waals surface area contributed by atoms with Gasteiger partial charge < -0.3 is 7.58 Å². The van der Waals surface area contributed by atoms with Gasteiger partial charge >= 0.3 is 15.9 Å². The zero-order chi connectivity index (χ0) is 16.2. The monoisotopic (exact) mass is 317 g/mol. The van der Waals surface area contributed by atoms with Crippen molar-refractivity contribution >= 4 is 32.5 Å². The minimum Gasteiger partial charge on any atom is -0.616 e. The highest BCUT2D eigenvalue weighted by molar-refractivity contribution is 6.21. The molecule has 0 unspecified atom stereocenters. The van der Waals surface area contributed by atoms with Crippen molar-refractivity contribution in [3.05, 3.63) is 71.2 Å². The summed E-state index contributed by atoms with van der Waals surface area (Å²) in [5.41, 5.74) is 3.25. The Morgan fingerprint density at radius 3 is 2.52 bits per heavy atom. The second-order valence-electron chi connectivity index (χ2n) is 5.14. The summed E-state index contributed by atoms with van der Waals surface area (Å²) in [5, 5.41) is 0.804. The molecule has 1 radical (unpaired) electrons. The lowest BCUT2D eigenvalue weighted by molar-refractivity contribution is 0.459. The fourth-order valence-corrected chi connectivity index (χ4v) is 2.99. The van der Waals surface area contributed by atoms with Gasteiger partial charge in [0.1, 0.15) is 5.75 Å². The Balaban J connectivity index is 1.85. The molecule has 0 atom stereocenters. The van der Waals surface area contributed by atoms with E-state index in [1.54, 1.807) is 12.1 Å². The number of hydrogen-bond donors (Lipinski definition) is 0. The first-order valence-electron chi connectivity index (χ1n) is 7.17. The van der Waals surface area contributed by atoms with E-state index in [0.717, 1.165) is 22.4 Å². The van der Waals surface area contributed by atoms with Gasteiger partial charge in [0.15, 0.2) is 5.69 Å². The number of aryl methyl sites for hydroxylation is 2. The van der Waals surface area contributed by atoms with Crippen molar-refractivity contribution in [1.29, 1.82) is 0 Å².